The van der Waals surface area contributed by atoms with E-state index in [4.69, 9.17) is 10.2 Å². The van der Waals surface area contributed by atoms with Crippen LogP contribution in [-0.2, 0) is 0 Å². The monoisotopic (exact) mass is 117 g/mol. The second-order valence-corrected chi connectivity index (χ2v) is 2.01. The normalized spacial score (nSPS) is 18.0. The first-order chi connectivity index (χ1) is 3.68. The smallest absolute Gasteiger partial charge is 0.0541 e. The zero-order valence-electron chi connectivity index (χ0n) is 5.17. The lowest BCUT2D eigenvalue weighted by Gasteiger charge is -2.11. The predicted octanol–water partition coefficient (Wildman–Crippen LogP) is 0.200. The van der Waals surface area contributed by atoms with Crippen LogP contribution in [-0.4, -0.2) is 22.9 Å². The fourth-order valence-corrected chi connectivity index (χ4v) is 0.407. The first-order valence-electron chi connectivity index (χ1n) is 2.80. The van der Waals surface area contributed by atoms with Crippen LogP contribution in [0.2, 0.25) is 0 Å². The molecular formula is C6H13O2. The Morgan fingerprint density at radius 1 is 1.62 bits per heavy atom. The maximum absolute atomic E-state index is 8.78. The number of rotatable bonds is 3. The van der Waals surface area contributed by atoms with Gasteiger partial charge < -0.3 is 10.2 Å². The van der Waals surface area contributed by atoms with Crippen LogP contribution in [0.25, 0.3) is 0 Å². The van der Waals surface area contributed by atoms with Gasteiger partial charge in [0.1, 0.15) is 0 Å². The molecule has 0 aromatic rings. The van der Waals surface area contributed by atoms with Crippen molar-refractivity contribution < 1.29 is 10.2 Å². The van der Waals surface area contributed by atoms with Crippen molar-refractivity contribution in [2.24, 2.45) is 5.92 Å². The molecule has 0 fully saturated rings. The molecule has 8 heavy (non-hydrogen) atoms. The average molecular weight is 117 g/mol. The number of hydrogen-bond donors (Lipinski definition) is 2. The Morgan fingerprint density at radius 2 is 2.12 bits per heavy atom. The summed E-state index contributed by atoms with van der Waals surface area (Å²) in [6.07, 6.45) is 0.180. The Hall–Kier alpha value is -0.0800. The van der Waals surface area contributed by atoms with E-state index in [9.17, 15) is 0 Å². The zero-order valence-corrected chi connectivity index (χ0v) is 5.17. The largest absolute Gasteiger partial charge is 0.396 e. The first kappa shape index (κ1) is 7.92. The van der Waals surface area contributed by atoms with Gasteiger partial charge in [-0.25, -0.2) is 0 Å². The maximum Gasteiger partial charge on any atom is 0.0541 e. The van der Waals surface area contributed by atoms with Gasteiger partial charge in [0.05, 0.1) is 6.10 Å². The molecule has 0 amide bonds. The molecule has 0 heterocycles. The summed E-state index contributed by atoms with van der Waals surface area (Å²) in [5.41, 5.74) is 0. The third kappa shape index (κ3) is 2.99. The lowest BCUT2D eigenvalue weighted by atomic mass is 10.0. The quantitative estimate of drug-likeness (QED) is 0.554. The predicted molar refractivity (Wildman–Crippen MR) is 32.2 cm³/mol. The molecular weight excluding hydrogens is 104 g/mol. The Balaban J connectivity index is 3.17. The molecule has 0 aliphatic heterocycles. The molecule has 2 nitrogen and oxygen atoms in total. The van der Waals surface area contributed by atoms with E-state index in [0.717, 1.165) is 0 Å². The summed E-state index contributed by atoms with van der Waals surface area (Å²) in [5, 5.41) is 17.1. The third-order valence-corrected chi connectivity index (χ3v) is 1.18. The molecule has 49 valence electrons. The highest BCUT2D eigenvalue weighted by Crippen LogP contribution is 2.04. The fraction of sp³-hybridized carbons (Fsp3) is 0.833. The third-order valence-electron chi connectivity index (χ3n) is 1.18. The second-order valence-electron chi connectivity index (χ2n) is 2.01. The van der Waals surface area contributed by atoms with Crippen molar-refractivity contribution in [3.63, 3.8) is 0 Å². The summed E-state index contributed by atoms with van der Waals surface area (Å²) in [7, 11) is 0. The topological polar surface area (TPSA) is 40.5 Å². The molecule has 2 unspecified atom stereocenters. The molecule has 2 atom stereocenters. The van der Waals surface area contributed by atoms with E-state index in [1.165, 1.54) is 0 Å². The Kier molecular flexibility index (Phi) is 3.83. The molecule has 0 bridgehead atoms. The molecule has 0 saturated heterocycles. The van der Waals surface area contributed by atoms with Crippen LogP contribution in [0.1, 0.15) is 13.3 Å². The van der Waals surface area contributed by atoms with E-state index < -0.39 is 6.10 Å². The number of hydrogen-bond acceptors (Lipinski definition) is 2. The van der Waals surface area contributed by atoms with E-state index >= 15 is 0 Å². The maximum atomic E-state index is 8.78. The minimum Gasteiger partial charge on any atom is -0.396 e. The van der Waals surface area contributed by atoms with Crippen molar-refractivity contribution in [1.82, 2.24) is 0 Å². The summed E-state index contributed by atoms with van der Waals surface area (Å²) in [6, 6.07) is 0. The van der Waals surface area contributed by atoms with Gasteiger partial charge >= 0.3 is 0 Å². The average Bonchev–Trinajstić information content (AvgIpc) is 1.67. The zero-order chi connectivity index (χ0) is 6.57. The second kappa shape index (κ2) is 3.87. The van der Waals surface area contributed by atoms with Crippen LogP contribution in [0, 0.1) is 12.8 Å². The Morgan fingerprint density at radius 3 is 2.25 bits per heavy atom. The van der Waals surface area contributed by atoms with Crippen molar-refractivity contribution in [2.45, 2.75) is 19.4 Å². The number of aliphatic hydroxyl groups is 2. The van der Waals surface area contributed by atoms with Gasteiger partial charge in [-0.15, -0.1) is 0 Å². The van der Waals surface area contributed by atoms with Gasteiger partial charge in [0.2, 0.25) is 0 Å². The minimum atomic E-state index is -0.401. The Labute approximate surface area is 50.2 Å². The summed E-state index contributed by atoms with van der Waals surface area (Å²) in [6.45, 7) is 5.40. The highest BCUT2D eigenvalue weighted by Gasteiger charge is 2.06. The van der Waals surface area contributed by atoms with Crippen LogP contribution >= 0.6 is 0 Å². The van der Waals surface area contributed by atoms with Crippen LogP contribution < -0.4 is 0 Å². The van der Waals surface area contributed by atoms with Crippen LogP contribution in [0.15, 0.2) is 0 Å². The molecule has 0 aromatic heterocycles. The van der Waals surface area contributed by atoms with E-state index in [2.05, 4.69) is 6.92 Å². The van der Waals surface area contributed by atoms with Crippen LogP contribution in [0.4, 0.5) is 0 Å². The Bertz CT molecular complexity index is 52.5. The van der Waals surface area contributed by atoms with E-state index in [0.29, 0.717) is 6.42 Å². The first-order valence-corrected chi connectivity index (χ1v) is 2.80. The molecule has 2 heteroatoms. The number of aliphatic hydroxyl groups excluding tert-OH is 2. The van der Waals surface area contributed by atoms with E-state index in [1.807, 2.05) is 0 Å². The SMILES string of the molecule is [CH2]C(CCO)C(C)O. The molecule has 0 aliphatic rings. The van der Waals surface area contributed by atoms with E-state index in [1.54, 1.807) is 6.92 Å². The van der Waals surface area contributed by atoms with Gasteiger partial charge in [0.25, 0.3) is 0 Å². The highest BCUT2D eigenvalue weighted by atomic mass is 16.3. The standard InChI is InChI=1S/C6H13O2/c1-5(3-4-7)6(2)8/h5-8H,1,3-4H2,2H3. The lowest BCUT2D eigenvalue weighted by Crippen LogP contribution is -2.14. The van der Waals surface area contributed by atoms with Crippen molar-refractivity contribution >= 4 is 0 Å². The molecule has 0 saturated carbocycles. The summed E-state index contributed by atoms with van der Waals surface area (Å²) >= 11 is 0. The molecule has 0 aliphatic carbocycles. The van der Waals surface area contributed by atoms with Gasteiger partial charge in [-0.1, -0.05) is 0 Å². The van der Waals surface area contributed by atoms with Crippen molar-refractivity contribution in [1.29, 1.82) is 0 Å². The summed E-state index contributed by atoms with van der Waals surface area (Å²) in [4.78, 5) is 0. The highest BCUT2D eigenvalue weighted by molar-refractivity contribution is 4.65. The van der Waals surface area contributed by atoms with Crippen molar-refractivity contribution in [2.75, 3.05) is 6.61 Å². The summed E-state index contributed by atoms with van der Waals surface area (Å²) in [5.74, 6) is -0.0278. The van der Waals surface area contributed by atoms with Crippen molar-refractivity contribution in [3.05, 3.63) is 6.92 Å². The van der Waals surface area contributed by atoms with Crippen molar-refractivity contribution in [3.8, 4) is 0 Å². The molecule has 0 rings (SSSR count). The van der Waals surface area contributed by atoms with E-state index in [-0.39, 0.29) is 12.5 Å². The molecule has 2 N–H and O–H groups in total. The lowest BCUT2D eigenvalue weighted by molar-refractivity contribution is 0.127. The minimum absolute atomic E-state index is 0.0278. The summed E-state index contributed by atoms with van der Waals surface area (Å²) < 4.78 is 0. The van der Waals surface area contributed by atoms with Gasteiger partial charge in [0.15, 0.2) is 0 Å². The molecule has 0 spiro atoms. The fourth-order valence-electron chi connectivity index (χ4n) is 0.407. The van der Waals surface area contributed by atoms with Crippen LogP contribution in [0.3, 0.4) is 0 Å². The molecule has 1 radical (unpaired) electrons. The van der Waals surface area contributed by atoms with Crippen LogP contribution in [0.5, 0.6) is 0 Å². The van der Waals surface area contributed by atoms with Gasteiger partial charge in [-0.3, -0.25) is 0 Å². The van der Waals surface area contributed by atoms with Gasteiger partial charge in [0, 0.05) is 6.61 Å². The van der Waals surface area contributed by atoms with Gasteiger partial charge in [-0.2, -0.15) is 0 Å². The molecule has 0 aromatic carbocycles. The van der Waals surface area contributed by atoms with Gasteiger partial charge in [-0.05, 0) is 26.2 Å².